The van der Waals surface area contributed by atoms with E-state index < -0.39 is 23.0 Å². The summed E-state index contributed by atoms with van der Waals surface area (Å²) in [7, 11) is 0. The van der Waals surface area contributed by atoms with Crippen molar-refractivity contribution in [2.24, 2.45) is 5.73 Å². The van der Waals surface area contributed by atoms with Crippen LogP contribution in [-0.4, -0.2) is 43.7 Å². The number of rotatable bonds is 6. The number of nitrogens with one attached hydrogen (secondary N) is 1. The van der Waals surface area contributed by atoms with E-state index in [0.29, 0.717) is 46.1 Å². The number of halogens is 2. The molecule has 0 saturated heterocycles. The third-order valence-corrected chi connectivity index (χ3v) is 9.21. The fourth-order valence-corrected chi connectivity index (χ4v) is 6.69. The zero-order chi connectivity index (χ0) is 28.6. The van der Waals surface area contributed by atoms with Crippen molar-refractivity contribution in [1.82, 2.24) is 9.88 Å². The van der Waals surface area contributed by atoms with Crippen LogP contribution in [0.2, 0.25) is 10.0 Å². The lowest BCUT2D eigenvalue weighted by Gasteiger charge is -2.40. The summed E-state index contributed by atoms with van der Waals surface area (Å²) < 4.78 is 5.35. The minimum absolute atomic E-state index is 0.136. The molecule has 2 aliphatic carbocycles. The highest BCUT2D eigenvalue weighted by molar-refractivity contribution is 6.30. The second kappa shape index (κ2) is 9.26. The summed E-state index contributed by atoms with van der Waals surface area (Å²) in [5, 5.41) is 31.8. The Morgan fingerprint density at radius 3 is 2.58 bits per heavy atom. The van der Waals surface area contributed by atoms with Crippen molar-refractivity contribution < 1.29 is 19.7 Å². The highest BCUT2D eigenvalue weighted by atomic mass is 35.5. The molecule has 3 aliphatic rings. The zero-order valence-corrected chi connectivity index (χ0v) is 23.6. The van der Waals surface area contributed by atoms with Gasteiger partial charge in [0.25, 0.3) is 5.91 Å². The van der Waals surface area contributed by atoms with Gasteiger partial charge in [-0.1, -0.05) is 41.4 Å². The van der Waals surface area contributed by atoms with Crippen LogP contribution in [0.4, 0.5) is 0 Å². The number of carbonyl (C=O) groups excluding carboxylic acids is 1. The van der Waals surface area contributed by atoms with Crippen molar-refractivity contribution in [2.75, 3.05) is 0 Å². The SMILES string of the molecule is CC(=N)OC(N)C(C)(O)c1cc2c3c(c1)C1CC1(O)CCC3(c1ccc(Cl)cc1)N(Cc1ccc(Cl)cn1)C2=O. The van der Waals surface area contributed by atoms with Crippen molar-refractivity contribution >= 4 is 35.0 Å². The molecular weight excluding hydrogens is 551 g/mol. The van der Waals surface area contributed by atoms with Crippen molar-refractivity contribution in [3.05, 3.63) is 98.3 Å². The average Bonchev–Trinajstić information content (AvgIpc) is 3.55. The van der Waals surface area contributed by atoms with Crippen LogP contribution >= 0.6 is 23.2 Å². The van der Waals surface area contributed by atoms with Gasteiger partial charge in [-0.2, -0.15) is 0 Å². The fraction of sp³-hybridized carbons (Fsp3) is 0.367. The molecule has 2 aromatic carbocycles. The summed E-state index contributed by atoms with van der Waals surface area (Å²) in [5.41, 5.74) is 6.64. The maximum atomic E-state index is 14.4. The zero-order valence-electron chi connectivity index (χ0n) is 22.1. The number of nitrogens with zero attached hydrogens (tertiary/aromatic N) is 2. The summed E-state index contributed by atoms with van der Waals surface area (Å²) in [4.78, 5) is 20.7. The molecule has 208 valence electrons. The van der Waals surface area contributed by atoms with E-state index in [1.54, 1.807) is 24.4 Å². The molecule has 0 bridgehead atoms. The fourth-order valence-electron chi connectivity index (χ4n) is 6.45. The molecule has 1 amide bonds. The number of pyridine rings is 1. The van der Waals surface area contributed by atoms with Gasteiger partial charge in [0.15, 0.2) is 12.1 Å². The summed E-state index contributed by atoms with van der Waals surface area (Å²) in [6, 6.07) is 14.5. The first-order chi connectivity index (χ1) is 18.9. The Hall–Kier alpha value is -3.01. The number of hydrogen-bond donors (Lipinski definition) is 4. The molecule has 1 aromatic heterocycles. The van der Waals surface area contributed by atoms with Gasteiger partial charge in [-0.25, -0.2) is 0 Å². The van der Waals surface area contributed by atoms with Gasteiger partial charge in [-0.05, 0) is 78.8 Å². The minimum atomic E-state index is -1.72. The monoisotopic (exact) mass is 580 g/mol. The summed E-state index contributed by atoms with van der Waals surface area (Å²) >= 11 is 12.4. The number of nitrogens with two attached hydrogens (primary N) is 1. The normalized spacial score (nSPS) is 26.8. The largest absolute Gasteiger partial charge is 0.460 e. The molecule has 1 fully saturated rings. The van der Waals surface area contributed by atoms with Crippen molar-refractivity contribution in [3.63, 3.8) is 0 Å². The van der Waals surface area contributed by atoms with E-state index in [0.717, 1.165) is 16.7 Å². The Morgan fingerprint density at radius 1 is 1.23 bits per heavy atom. The van der Waals surface area contributed by atoms with Crippen molar-refractivity contribution in [1.29, 1.82) is 5.41 Å². The highest BCUT2D eigenvalue weighted by Crippen LogP contribution is 2.64. The number of benzene rings is 2. The van der Waals surface area contributed by atoms with E-state index in [9.17, 15) is 15.0 Å². The molecule has 1 aliphatic heterocycles. The average molecular weight is 582 g/mol. The summed E-state index contributed by atoms with van der Waals surface area (Å²) in [6.45, 7) is 3.15. The van der Waals surface area contributed by atoms with Gasteiger partial charge in [-0.15, -0.1) is 0 Å². The van der Waals surface area contributed by atoms with E-state index >= 15 is 0 Å². The smallest absolute Gasteiger partial charge is 0.255 e. The summed E-state index contributed by atoms with van der Waals surface area (Å²) in [6.07, 6.45) is 1.85. The van der Waals surface area contributed by atoms with Crippen LogP contribution < -0.4 is 5.73 Å². The third kappa shape index (κ3) is 4.13. The number of ether oxygens (including phenoxy) is 1. The number of fused-ring (bicyclic) bond motifs is 2. The Balaban J connectivity index is 1.59. The van der Waals surface area contributed by atoms with E-state index in [1.807, 2.05) is 35.2 Å². The predicted octanol–water partition coefficient (Wildman–Crippen LogP) is 4.81. The first-order valence-electron chi connectivity index (χ1n) is 13.2. The van der Waals surface area contributed by atoms with E-state index in [2.05, 4.69) is 4.98 Å². The van der Waals surface area contributed by atoms with Gasteiger partial charge < -0.3 is 19.8 Å². The second-order valence-corrected chi connectivity index (χ2v) is 12.2. The van der Waals surface area contributed by atoms with Crippen LogP contribution in [0.15, 0.2) is 54.7 Å². The van der Waals surface area contributed by atoms with Gasteiger partial charge in [0, 0.05) is 29.6 Å². The van der Waals surface area contributed by atoms with Gasteiger partial charge in [0.2, 0.25) is 0 Å². The molecule has 40 heavy (non-hydrogen) atoms. The van der Waals surface area contributed by atoms with E-state index in [1.165, 1.54) is 13.8 Å². The third-order valence-electron chi connectivity index (χ3n) is 8.73. The highest BCUT2D eigenvalue weighted by Gasteiger charge is 2.63. The first kappa shape index (κ1) is 27.2. The number of amides is 1. The minimum Gasteiger partial charge on any atom is -0.460 e. The van der Waals surface area contributed by atoms with Crippen LogP contribution in [0.3, 0.4) is 0 Å². The van der Waals surface area contributed by atoms with E-state index in [-0.39, 0.29) is 24.3 Å². The quantitative estimate of drug-likeness (QED) is 0.188. The Labute approximate surface area is 242 Å². The van der Waals surface area contributed by atoms with Crippen LogP contribution in [0.1, 0.15) is 77.3 Å². The first-order valence-corrected chi connectivity index (χ1v) is 13.9. The second-order valence-electron chi connectivity index (χ2n) is 11.3. The Kier molecular flexibility index (Phi) is 6.29. The van der Waals surface area contributed by atoms with Crippen LogP contribution in [-0.2, 0) is 22.4 Å². The molecule has 5 N–H and O–H groups in total. The van der Waals surface area contributed by atoms with Gasteiger partial charge in [-0.3, -0.25) is 20.9 Å². The topological polar surface area (TPSA) is 133 Å². The molecule has 0 radical (unpaired) electrons. The number of carbonyl (C=O) groups is 1. The molecule has 5 atom stereocenters. The standard InChI is InChI=1S/C30H30Cl2N4O4/c1-16(33)40-27(34)28(2,38)18-11-22-24-13-29(24,39)9-10-30(17-3-5-19(31)6-4-17)25(22)23(12-18)26(37)36(30)15-21-8-7-20(32)14-35-21/h3-8,11-12,14,24,27,33,38-39H,9-10,13,15,34H2,1-2H3. The Bertz CT molecular complexity index is 1530. The maximum absolute atomic E-state index is 14.4. The lowest BCUT2D eigenvalue weighted by Crippen LogP contribution is -2.46. The molecule has 10 heteroatoms. The van der Waals surface area contributed by atoms with Gasteiger partial charge in [0.05, 0.1) is 28.4 Å². The molecule has 0 spiro atoms. The molecule has 6 rings (SSSR count). The number of hydrogen-bond acceptors (Lipinski definition) is 7. The van der Waals surface area contributed by atoms with Crippen molar-refractivity contribution in [2.45, 2.75) is 68.5 Å². The Morgan fingerprint density at radius 2 is 1.93 bits per heavy atom. The van der Waals surface area contributed by atoms with Crippen LogP contribution in [0, 0.1) is 5.41 Å². The molecule has 2 heterocycles. The summed E-state index contributed by atoms with van der Waals surface area (Å²) in [5.74, 6) is -0.554. The predicted molar refractivity (Wildman–Crippen MR) is 151 cm³/mol. The van der Waals surface area contributed by atoms with Crippen LogP contribution in [0.5, 0.6) is 0 Å². The van der Waals surface area contributed by atoms with Gasteiger partial charge in [0.1, 0.15) is 5.60 Å². The van der Waals surface area contributed by atoms with Crippen molar-refractivity contribution in [3.8, 4) is 0 Å². The molecule has 3 aromatic rings. The number of aliphatic hydroxyl groups is 2. The molecule has 1 saturated carbocycles. The molecular formula is C30H30Cl2N4O4. The number of aromatic nitrogens is 1. The van der Waals surface area contributed by atoms with E-state index in [4.69, 9.17) is 39.1 Å². The van der Waals surface area contributed by atoms with Crippen LogP contribution in [0.25, 0.3) is 0 Å². The molecule has 5 unspecified atom stereocenters. The lowest BCUT2D eigenvalue weighted by molar-refractivity contribution is -0.0567. The molecule has 8 nitrogen and oxygen atoms in total. The lowest BCUT2D eigenvalue weighted by atomic mass is 9.76. The van der Waals surface area contributed by atoms with Gasteiger partial charge >= 0.3 is 0 Å². The maximum Gasteiger partial charge on any atom is 0.255 e.